The molecule has 5 nitrogen and oxygen atoms in total. The Hall–Kier alpha value is -1.01. The summed E-state index contributed by atoms with van der Waals surface area (Å²) in [6.45, 7) is 2.90. The standard InChI is InChI=1S/C11H18N4OS/c1-7-8(4-5-16-7)15(2)10-6-9(12)13-11(14-10)17-3/h6-8H,4-5H2,1-3H3,(H2,12,13,14). The van der Waals surface area contributed by atoms with Gasteiger partial charge in [0.2, 0.25) is 0 Å². The predicted octanol–water partition coefficient (Wildman–Crippen LogP) is 1.39. The Bertz CT molecular complexity index is 401. The van der Waals surface area contributed by atoms with E-state index >= 15 is 0 Å². The molecule has 0 aromatic carbocycles. The molecule has 1 saturated heterocycles. The van der Waals surface area contributed by atoms with Gasteiger partial charge in [-0.2, -0.15) is 0 Å². The van der Waals surface area contributed by atoms with Gasteiger partial charge in [0.05, 0.1) is 12.1 Å². The van der Waals surface area contributed by atoms with Crippen molar-refractivity contribution in [2.75, 3.05) is 30.5 Å². The van der Waals surface area contributed by atoms with Crippen molar-refractivity contribution >= 4 is 23.4 Å². The molecule has 2 atom stereocenters. The maximum Gasteiger partial charge on any atom is 0.191 e. The van der Waals surface area contributed by atoms with Crippen LogP contribution in [0.4, 0.5) is 11.6 Å². The molecule has 2 N–H and O–H groups in total. The van der Waals surface area contributed by atoms with Gasteiger partial charge < -0.3 is 15.4 Å². The molecule has 2 heterocycles. The molecule has 0 saturated carbocycles. The van der Waals surface area contributed by atoms with Crippen molar-refractivity contribution < 1.29 is 4.74 Å². The second kappa shape index (κ2) is 5.10. The fourth-order valence-corrected chi connectivity index (χ4v) is 2.48. The molecule has 2 rings (SSSR count). The third-order valence-corrected chi connectivity index (χ3v) is 3.64. The van der Waals surface area contributed by atoms with Crippen molar-refractivity contribution in [2.45, 2.75) is 30.6 Å². The maximum atomic E-state index is 5.78. The lowest BCUT2D eigenvalue weighted by Crippen LogP contribution is -2.37. The third-order valence-electron chi connectivity index (χ3n) is 3.09. The topological polar surface area (TPSA) is 64.3 Å². The minimum Gasteiger partial charge on any atom is -0.383 e. The molecule has 6 heteroatoms. The van der Waals surface area contributed by atoms with Crippen molar-refractivity contribution in [3.05, 3.63) is 6.07 Å². The van der Waals surface area contributed by atoms with Crippen molar-refractivity contribution in [3.8, 4) is 0 Å². The number of anilines is 2. The number of aromatic nitrogens is 2. The zero-order valence-electron chi connectivity index (χ0n) is 10.4. The number of rotatable bonds is 3. The molecule has 1 fully saturated rings. The molecule has 0 bridgehead atoms. The zero-order valence-corrected chi connectivity index (χ0v) is 11.2. The first-order valence-electron chi connectivity index (χ1n) is 5.65. The summed E-state index contributed by atoms with van der Waals surface area (Å²) < 4.78 is 5.57. The van der Waals surface area contributed by atoms with E-state index in [-0.39, 0.29) is 6.10 Å². The first kappa shape index (κ1) is 12.4. The largest absolute Gasteiger partial charge is 0.383 e. The molecule has 0 aliphatic carbocycles. The van der Waals surface area contributed by atoms with Crippen LogP contribution in [-0.4, -0.2) is 42.0 Å². The van der Waals surface area contributed by atoms with Crippen LogP contribution in [0.25, 0.3) is 0 Å². The summed E-state index contributed by atoms with van der Waals surface area (Å²) in [5, 5.41) is 0.707. The van der Waals surface area contributed by atoms with E-state index in [0.717, 1.165) is 18.8 Å². The quantitative estimate of drug-likeness (QED) is 0.649. The molecule has 0 radical (unpaired) electrons. The molecule has 17 heavy (non-hydrogen) atoms. The van der Waals surface area contributed by atoms with Crippen LogP contribution in [0.1, 0.15) is 13.3 Å². The van der Waals surface area contributed by atoms with Crippen LogP contribution < -0.4 is 10.6 Å². The molecule has 2 unspecified atom stereocenters. The number of hydrogen-bond acceptors (Lipinski definition) is 6. The van der Waals surface area contributed by atoms with Gasteiger partial charge in [0.1, 0.15) is 11.6 Å². The first-order valence-corrected chi connectivity index (χ1v) is 6.87. The van der Waals surface area contributed by atoms with Crippen LogP contribution in [0.3, 0.4) is 0 Å². The van der Waals surface area contributed by atoms with E-state index in [1.807, 2.05) is 19.4 Å². The fourth-order valence-electron chi connectivity index (χ4n) is 2.10. The zero-order chi connectivity index (χ0) is 12.4. The highest BCUT2D eigenvalue weighted by Gasteiger charge is 2.28. The molecule has 1 aromatic rings. The van der Waals surface area contributed by atoms with E-state index in [9.17, 15) is 0 Å². The van der Waals surface area contributed by atoms with Gasteiger partial charge in [-0.05, 0) is 19.6 Å². The van der Waals surface area contributed by atoms with Crippen LogP contribution in [0, 0.1) is 0 Å². The number of hydrogen-bond donors (Lipinski definition) is 1. The number of nitrogen functional groups attached to an aromatic ring is 1. The highest BCUT2D eigenvalue weighted by atomic mass is 32.2. The summed E-state index contributed by atoms with van der Waals surface area (Å²) in [5.41, 5.74) is 5.78. The number of likely N-dealkylation sites (N-methyl/N-ethyl adjacent to an activating group) is 1. The number of thioether (sulfide) groups is 1. The van der Waals surface area contributed by atoms with Gasteiger partial charge in [-0.1, -0.05) is 11.8 Å². The SMILES string of the molecule is CSc1nc(N)cc(N(C)C2CCOC2C)n1. The predicted molar refractivity (Wildman–Crippen MR) is 70.4 cm³/mol. The first-order chi connectivity index (χ1) is 8.11. The number of nitrogens with zero attached hydrogens (tertiary/aromatic N) is 3. The average Bonchev–Trinajstić information content (AvgIpc) is 2.73. The minimum atomic E-state index is 0.230. The Labute approximate surface area is 106 Å². The lowest BCUT2D eigenvalue weighted by atomic mass is 10.1. The van der Waals surface area contributed by atoms with Crippen molar-refractivity contribution in [3.63, 3.8) is 0 Å². The highest BCUT2D eigenvalue weighted by molar-refractivity contribution is 7.98. The molecule has 1 aliphatic heterocycles. The molecule has 1 aliphatic rings. The van der Waals surface area contributed by atoms with E-state index in [1.54, 1.807) is 0 Å². The molecule has 94 valence electrons. The van der Waals surface area contributed by atoms with Crippen LogP contribution in [-0.2, 0) is 4.74 Å². The lowest BCUT2D eigenvalue weighted by Gasteiger charge is -2.27. The molecular weight excluding hydrogens is 236 g/mol. The molecule has 0 spiro atoms. The van der Waals surface area contributed by atoms with Crippen LogP contribution in [0.2, 0.25) is 0 Å². The molecule has 1 aromatic heterocycles. The summed E-state index contributed by atoms with van der Waals surface area (Å²) in [4.78, 5) is 10.8. The summed E-state index contributed by atoms with van der Waals surface area (Å²) in [5.74, 6) is 1.38. The van der Waals surface area contributed by atoms with Gasteiger partial charge in [0.25, 0.3) is 0 Å². The van der Waals surface area contributed by atoms with Gasteiger partial charge in [0, 0.05) is 19.7 Å². The van der Waals surface area contributed by atoms with Crippen molar-refractivity contribution in [2.24, 2.45) is 0 Å². The van der Waals surface area contributed by atoms with E-state index < -0.39 is 0 Å². The summed E-state index contributed by atoms with van der Waals surface area (Å²) in [6.07, 6.45) is 3.20. The number of ether oxygens (including phenoxy) is 1. The molecular formula is C11H18N4OS. The van der Waals surface area contributed by atoms with Crippen LogP contribution in [0.5, 0.6) is 0 Å². The van der Waals surface area contributed by atoms with Gasteiger partial charge in [-0.15, -0.1) is 0 Å². The summed E-state index contributed by atoms with van der Waals surface area (Å²) >= 11 is 1.50. The van der Waals surface area contributed by atoms with E-state index in [0.29, 0.717) is 17.0 Å². The van der Waals surface area contributed by atoms with Crippen molar-refractivity contribution in [1.82, 2.24) is 9.97 Å². The summed E-state index contributed by atoms with van der Waals surface area (Å²) in [6, 6.07) is 2.17. The van der Waals surface area contributed by atoms with E-state index in [2.05, 4.69) is 21.8 Å². The normalized spacial score (nSPS) is 23.9. The van der Waals surface area contributed by atoms with Crippen LogP contribution in [0.15, 0.2) is 11.2 Å². The van der Waals surface area contributed by atoms with E-state index in [4.69, 9.17) is 10.5 Å². The Morgan fingerprint density at radius 3 is 2.88 bits per heavy atom. The smallest absolute Gasteiger partial charge is 0.191 e. The van der Waals surface area contributed by atoms with E-state index in [1.165, 1.54) is 11.8 Å². The minimum absolute atomic E-state index is 0.230. The Kier molecular flexibility index (Phi) is 3.73. The second-order valence-electron chi connectivity index (χ2n) is 4.18. The highest BCUT2D eigenvalue weighted by Crippen LogP contribution is 2.25. The molecule has 0 amide bonds. The average molecular weight is 254 g/mol. The van der Waals surface area contributed by atoms with Gasteiger partial charge in [-0.25, -0.2) is 9.97 Å². The third kappa shape index (κ3) is 2.63. The van der Waals surface area contributed by atoms with Crippen LogP contribution >= 0.6 is 11.8 Å². The second-order valence-corrected chi connectivity index (χ2v) is 4.95. The fraction of sp³-hybridized carbons (Fsp3) is 0.636. The Balaban J connectivity index is 2.23. The van der Waals surface area contributed by atoms with Gasteiger partial charge >= 0.3 is 0 Å². The monoisotopic (exact) mass is 254 g/mol. The number of nitrogens with two attached hydrogens (primary N) is 1. The van der Waals surface area contributed by atoms with Gasteiger partial charge in [0.15, 0.2) is 5.16 Å². The Morgan fingerprint density at radius 2 is 2.29 bits per heavy atom. The summed E-state index contributed by atoms with van der Waals surface area (Å²) in [7, 11) is 2.03. The van der Waals surface area contributed by atoms with Crippen molar-refractivity contribution in [1.29, 1.82) is 0 Å². The Morgan fingerprint density at radius 1 is 1.53 bits per heavy atom. The maximum absolute atomic E-state index is 5.78. The lowest BCUT2D eigenvalue weighted by molar-refractivity contribution is 0.118. The van der Waals surface area contributed by atoms with Gasteiger partial charge in [-0.3, -0.25) is 0 Å².